The molecule has 1 heterocycles. The van der Waals surface area contributed by atoms with Crippen molar-refractivity contribution in [3.05, 3.63) is 36.0 Å². The Morgan fingerprint density at radius 2 is 1.81 bits per heavy atom. The second kappa shape index (κ2) is 5.99. The van der Waals surface area contributed by atoms with Crippen molar-refractivity contribution in [2.24, 2.45) is 0 Å². The molecule has 0 radical (unpaired) electrons. The molecule has 1 fully saturated rings. The number of benzene rings is 1. The van der Waals surface area contributed by atoms with Crippen LogP contribution in [-0.4, -0.2) is 21.2 Å². The number of hydrogen-bond donors (Lipinski definition) is 2. The van der Waals surface area contributed by atoms with E-state index in [0.717, 1.165) is 12.8 Å². The first-order chi connectivity index (χ1) is 10.2. The predicted octanol–water partition coefficient (Wildman–Crippen LogP) is 3.25. The quantitative estimate of drug-likeness (QED) is 0.905. The lowest BCUT2D eigenvalue weighted by Crippen LogP contribution is -2.17. The minimum Gasteiger partial charge on any atom is -0.350 e. The number of nitrogens with zero attached hydrogens (tertiary/aromatic N) is 3. The molecule has 3 rings (SSSR count). The molecule has 0 bridgehead atoms. The maximum Gasteiger partial charge on any atom is 0.244 e. The summed E-state index contributed by atoms with van der Waals surface area (Å²) >= 11 is 0. The van der Waals surface area contributed by atoms with Crippen LogP contribution in [0.5, 0.6) is 0 Å². The summed E-state index contributed by atoms with van der Waals surface area (Å²) in [5.41, 5.74) is -0.246. The molecule has 0 saturated heterocycles. The van der Waals surface area contributed by atoms with Gasteiger partial charge in [0.25, 0.3) is 0 Å². The summed E-state index contributed by atoms with van der Waals surface area (Å²) in [4.78, 5) is 4.18. The molecule has 1 aromatic heterocycles. The van der Waals surface area contributed by atoms with Crippen LogP contribution in [0.3, 0.4) is 0 Å². The van der Waals surface area contributed by atoms with E-state index in [1.54, 1.807) is 0 Å². The Kier molecular flexibility index (Phi) is 3.89. The second-order valence-corrected chi connectivity index (χ2v) is 5.01. The van der Waals surface area contributed by atoms with Crippen LogP contribution >= 0.6 is 0 Å². The van der Waals surface area contributed by atoms with Crippen molar-refractivity contribution in [3.8, 4) is 0 Å². The van der Waals surface area contributed by atoms with Gasteiger partial charge in [-0.1, -0.05) is 18.9 Å². The van der Waals surface area contributed by atoms with Gasteiger partial charge in [-0.25, -0.2) is 8.78 Å². The minimum absolute atomic E-state index is 0.245. The van der Waals surface area contributed by atoms with Crippen molar-refractivity contribution < 1.29 is 8.78 Å². The third-order valence-corrected chi connectivity index (χ3v) is 3.46. The van der Waals surface area contributed by atoms with Crippen molar-refractivity contribution in [2.75, 3.05) is 10.6 Å². The Labute approximate surface area is 120 Å². The SMILES string of the molecule is Fc1cccc(F)c1Nc1cnnc(NC2CCCC2)n1. The summed E-state index contributed by atoms with van der Waals surface area (Å²) in [6, 6.07) is 4.00. The van der Waals surface area contributed by atoms with Gasteiger partial charge in [-0.05, 0) is 25.0 Å². The standard InChI is InChI=1S/C14H15F2N5/c15-10-6-3-7-11(16)13(10)19-12-8-17-21-14(20-12)18-9-4-1-2-5-9/h3,6-9H,1-2,4-5H2,(H2,18,19,20,21). The molecule has 21 heavy (non-hydrogen) atoms. The number of rotatable bonds is 4. The van der Waals surface area contributed by atoms with Crippen molar-refractivity contribution in [3.63, 3.8) is 0 Å². The summed E-state index contributed by atoms with van der Waals surface area (Å²) in [6.07, 6.45) is 5.84. The van der Waals surface area contributed by atoms with E-state index in [1.165, 1.54) is 37.2 Å². The van der Waals surface area contributed by atoms with Crippen LogP contribution in [0.25, 0.3) is 0 Å². The van der Waals surface area contributed by atoms with Crippen LogP contribution < -0.4 is 10.6 Å². The van der Waals surface area contributed by atoms with Gasteiger partial charge in [-0.15, -0.1) is 5.10 Å². The monoisotopic (exact) mass is 291 g/mol. The lowest BCUT2D eigenvalue weighted by molar-refractivity contribution is 0.590. The van der Waals surface area contributed by atoms with Gasteiger partial charge in [-0.3, -0.25) is 0 Å². The van der Waals surface area contributed by atoms with Crippen LogP contribution in [0, 0.1) is 11.6 Å². The van der Waals surface area contributed by atoms with Gasteiger partial charge in [0.15, 0.2) is 5.82 Å². The second-order valence-electron chi connectivity index (χ2n) is 5.01. The zero-order chi connectivity index (χ0) is 14.7. The average Bonchev–Trinajstić information content (AvgIpc) is 2.96. The fourth-order valence-electron chi connectivity index (χ4n) is 2.42. The maximum absolute atomic E-state index is 13.6. The van der Waals surface area contributed by atoms with Crippen molar-refractivity contribution in [2.45, 2.75) is 31.7 Å². The van der Waals surface area contributed by atoms with Gasteiger partial charge in [0.2, 0.25) is 5.95 Å². The zero-order valence-corrected chi connectivity index (χ0v) is 11.3. The first kappa shape index (κ1) is 13.7. The van der Waals surface area contributed by atoms with Crippen LogP contribution in [0.1, 0.15) is 25.7 Å². The van der Waals surface area contributed by atoms with E-state index in [4.69, 9.17) is 0 Å². The highest BCUT2D eigenvalue weighted by Gasteiger charge is 2.16. The number of nitrogens with one attached hydrogen (secondary N) is 2. The van der Waals surface area contributed by atoms with E-state index in [0.29, 0.717) is 12.0 Å². The Balaban J connectivity index is 1.76. The van der Waals surface area contributed by atoms with Crippen molar-refractivity contribution in [1.29, 1.82) is 0 Å². The Hall–Kier alpha value is -2.31. The van der Waals surface area contributed by atoms with Crippen LogP contribution in [0.15, 0.2) is 24.4 Å². The van der Waals surface area contributed by atoms with Crippen LogP contribution in [0.2, 0.25) is 0 Å². The summed E-state index contributed by atoms with van der Waals surface area (Å²) in [6.45, 7) is 0. The molecule has 1 aliphatic carbocycles. The van der Waals surface area contributed by atoms with Crippen LogP contribution in [0.4, 0.5) is 26.2 Å². The topological polar surface area (TPSA) is 62.7 Å². The molecule has 0 unspecified atom stereocenters. The van der Waals surface area contributed by atoms with E-state index >= 15 is 0 Å². The first-order valence-electron chi connectivity index (χ1n) is 6.89. The number of hydrogen-bond acceptors (Lipinski definition) is 5. The van der Waals surface area contributed by atoms with Gasteiger partial charge in [0.1, 0.15) is 17.3 Å². The first-order valence-corrected chi connectivity index (χ1v) is 6.89. The van der Waals surface area contributed by atoms with Gasteiger partial charge >= 0.3 is 0 Å². The number of anilines is 3. The van der Waals surface area contributed by atoms with Gasteiger partial charge in [0.05, 0.1) is 6.20 Å². The minimum atomic E-state index is -0.682. The molecule has 5 nitrogen and oxygen atoms in total. The molecule has 0 spiro atoms. The lowest BCUT2D eigenvalue weighted by Gasteiger charge is -2.12. The van der Waals surface area contributed by atoms with E-state index in [-0.39, 0.29) is 11.5 Å². The molecular weight excluding hydrogens is 276 g/mol. The maximum atomic E-state index is 13.6. The summed E-state index contributed by atoms with van der Waals surface area (Å²) < 4.78 is 27.2. The Bertz CT molecular complexity index is 608. The molecule has 7 heteroatoms. The smallest absolute Gasteiger partial charge is 0.244 e. The lowest BCUT2D eigenvalue weighted by atomic mass is 10.2. The molecule has 0 amide bonds. The van der Waals surface area contributed by atoms with E-state index < -0.39 is 11.6 Å². The Morgan fingerprint density at radius 1 is 1.10 bits per heavy atom. The summed E-state index contributed by atoms with van der Waals surface area (Å²) in [5, 5.41) is 13.5. The largest absolute Gasteiger partial charge is 0.350 e. The van der Waals surface area contributed by atoms with Gasteiger partial charge < -0.3 is 10.6 Å². The third kappa shape index (κ3) is 3.24. The molecule has 0 aliphatic heterocycles. The van der Waals surface area contributed by atoms with E-state index in [1.807, 2.05) is 0 Å². The van der Waals surface area contributed by atoms with Crippen LogP contribution in [-0.2, 0) is 0 Å². The van der Waals surface area contributed by atoms with Gasteiger partial charge in [0, 0.05) is 6.04 Å². The highest BCUT2D eigenvalue weighted by atomic mass is 19.1. The molecular formula is C14H15F2N5. The van der Waals surface area contributed by atoms with Crippen molar-refractivity contribution in [1.82, 2.24) is 15.2 Å². The molecule has 2 N–H and O–H groups in total. The highest BCUT2D eigenvalue weighted by Crippen LogP contribution is 2.23. The third-order valence-electron chi connectivity index (χ3n) is 3.46. The molecule has 1 aliphatic rings. The van der Waals surface area contributed by atoms with Crippen molar-refractivity contribution >= 4 is 17.5 Å². The number of halogens is 2. The number of para-hydroxylation sites is 1. The molecule has 1 aromatic carbocycles. The molecule has 110 valence electrons. The predicted molar refractivity (Wildman–Crippen MR) is 75.3 cm³/mol. The van der Waals surface area contributed by atoms with E-state index in [9.17, 15) is 8.78 Å². The fraction of sp³-hybridized carbons (Fsp3) is 0.357. The highest BCUT2D eigenvalue weighted by molar-refractivity contribution is 5.57. The van der Waals surface area contributed by atoms with E-state index in [2.05, 4.69) is 25.8 Å². The normalized spacial score (nSPS) is 15.1. The average molecular weight is 291 g/mol. The number of aromatic nitrogens is 3. The molecule has 1 saturated carbocycles. The fourth-order valence-corrected chi connectivity index (χ4v) is 2.42. The molecule has 0 atom stereocenters. The molecule has 2 aromatic rings. The van der Waals surface area contributed by atoms with Gasteiger partial charge in [-0.2, -0.15) is 10.1 Å². The summed E-state index contributed by atoms with van der Waals surface area (Å²) in [5.74, 6) is -0.754. The zero-order valence-electron chi connectivity index (χ0n) is 11.3. The Morgan fingerprint density at radius 3 is 2.52 bits per heavy atom. The summed E-state index contributed by atoms with van der Waals surface area (Å²) in [7, 11) is 0.